The van der Waals surface area contributed by atoms with Crippen LogP contribution in [-0.2, 0) is 26.6 Å². The smallest absolute Gasteiger partial charge is 0.207 e. The summed E-state index contributed by atoms with van der Waals surface area (Å²) < 4.78 is 54.7. The molecule has 1 fully saturated rings. The summed E-state index contributed by atoms with van der Waals surface area (Å²) in [5.41, 5.74) is 0.658. The van der Waals surface area contributed by atoms with Crippen LogP contribution in [0.15, 0.2) is 58.3 Å². The Bertz CT molecular complexity index is 1040. The Labute approximate surface area is 171 Å². The van der Waals surface area contributed by atoms with Gasteiger partial charge in [-0.1, -0.05) is 36.2 Å². The molecule has 1 heterocycles. The molecule has 0 bridgehead atoms. The van der Waals surface area contributed by atoms with E-state index in [1.165, 1.54) is 28.6 Å². The minimum absolute atomic E-state index is 0.00481. The highest BCUT2D eigenvalue weighted by molar-refractivity contribution is 7.89. The van der Waals surface area contributed by atoms with Crippen molar-refractivity contribution in [3.63, 3.8) is 0 Å². The standard InChI is InChI=1S/C19H23ClN2O4S2/c1-15-6-4-5-13-22(15)28(25,26)18-11-9-17(10-12-18)27(23,24)21-14-16-7-2-3-8-19(16)20/h2-3,7-12,15,21H,4-6,13-14H2,1H3. The molecule has 2 aromatic carbocycles. The van der Waals surface area contributed by atoms with Gasteiger partial charge in [-0.2, -0.15) is 4.31 Å². The topological polar surface area (TPSA) is 83.6 Å². The maximum atomic E-state index is 12.9. The van der Waals surface area contributed by atoms with Crippen molar-refractivity contribution < 1.29 is 16.8 Å². The minimum atomic E-state index is -3.79. The van der Waals surface area contributed by atoms with E-state index in [1.807, 2.05) is 6.92 Å². The number of piperidine rings is 1. The molecule has 0 spiro atoms. The highest BCUT2D eigenvalue weighted by Gasteiger charge is 2.31. The highest BCUT2D eigenvalue weighted by atomic mass is 35.5. The van der Waals surface area contributed by atoms with Crippen molar-refractivity contribution in [1.29, 1.82) is 0 Å². The number of sulfonamides is 2. The summed E-state index contributed by atoms with van der Waals surface area (Å²) in [6.07, 6.45) is 2.68. The molecule has 3 rings (SSSR count). The molecule has 0 aliphatic carbocycles. The van der Waals surface area contributed by atoms with Gasteiger partial charge < -0.3 is 0 Å². The Balaban J connectivity index is 1.77. The van der Waals surface area contributed by atoms with E-state index in [0.29, 0.717) is 17.1 Å². The third kappa shape index (κ3) is 4.58. The molecule has 152 valence electrons. The average molecular weight is 443 g/mol. The van der Waals surface area contributed by atoms with E-state index in [-0.39, 0.29) is 22.4 Å². The van der Waals surface area contributed by atoms with Gasteiger partial charge in [0.25, 0.3) is 0 Å². The van der Waals surface area contributed by atoms with E-state index in [1.54, 1.807) is 24.3 Å². The molecule has 1 aliphatic heterocycles. The first-order chi connectivity index (χ1) is 13.2. The summed E-state index contributed by atoms with van der Waals surface area (Å²) in [4.78, 5) is 0.108. The van der Waals surface area contributed by atoms with Gasteiger partial charge in [-0.05, 0) is 55.7 Å². The van der Waals surface area contributed by atoms with Crippen molar-refractivity contribution in [2.24, 2.45) is 0 Å². The number of hydrogen-bond donors (Lipinski definition) is 1. The summed E-state index contributed by atoms with van der Waals surface area (Å²) in [7, 11) is -7.42. The SMILES string of the molecule is CC1CCCCN1S(=O)(=O)c1ccc(S(=O)(=O)NCc2ccccc2Cl)cc1. The van der Waals surface area contributed by atoms with Gasteiger partial charge in [-0.3, -0.25) is 0 Å². The monoisotopic (exact) mass is 442 g/mol. The Morgan fingerprint density at radius 1 is 1.00 bits per heavy atom. The number of nitrogens with one attached hydrogen (secondary N) is 1. The second-order valence-corrected chi connectivity index (χ2v) is 10.9. The van der Waals surface area contributed by atoms with Crippen molar-refractivity contribution in [2.75, 3.05) is 6.54 Å². The van der Waals surface area contributed by atoms with Crippen LogP contribution in [-0.4, -0.2) is 33.7 Å². The van der Waals surface area contributed by atoms with Crippen LogP contribution >= 0.6 is 11.6 Å². The largest absolute Gasteiger partial charge is 0.243 e. The van der Waals surface area contributed by atoms with Crippen LogP contribution < -0.4 is 4.72 Å². The molecule has 2 aromatic rings. The lowest BCUT2D eigenvalue weighted by atomic mass is 10.1. The Morgan fingerprint density at radius 3 is 2.29 bits per heavy atom. The van der Waals surface area contributed by atoms with Crippen LogP contribution in [0.1, 0.15) is 31.7 Å². The fourth-order valence-electron chi connectivity index (χ4n) is 3.25. The number of rotatable bonds is 6. The Morgan fingerprint density at radius 2 is 1.64 bits per heavy atom. The fourth-order valence-corrected chi connectivity index (χ4v) is 6.16. The molecular weight excluding hydrogens is 420 g/mol. The van der Waals surface area contributed by atoms with Crippen LogP contribution in [0, 0.1) is 0 Å². The third-order valence-corrected chi connectivity index (χ3v) is 8.71. The maximum absolute atomic E-state index is 12.9. The first-order valence-corrected chi connectivity index (χ1v) is 12.4. The molecule has 9 heteroatoms. The summed E-state index contributed by atoms with van der Waals surface area (Å²) in [6, 6.07) is 12.2. The molecule has 1 saturated heterocycles. The van der Waals surface area contributed by atoms with Gasteiger partial charge in [0.05, 0.1) is 9.79 Å². The zero-order valence-corrected chi connectivity index (χ0v) is 17.9. The van der Waals surface area contributed by atoms with Gasteiger partial charge in [0.2, 0.25) is 20.0 Å². The summed E-state index contributed by atoms with van der Waals surface area (Å²) >= 11 is 6.05. The molecule has 1 unspecified atom stereocenters. The normalized spacial score (nSPS) is 18.9. The van der Waals surface area contributed by atoms with Crippen LogP contribution in [0.5, 0.6) is 0 Å². The molecule has 28 heavy (non-hydrogen) atoms. The first kappa shape index (κ1) is 21.3. The van der Waals surface area contributed by atoms with E-state index in [0.717, 1.165) is 19.3 Å². The predicted octanol–water partition coefficient (Wildman–Crippen LogP) is 3.38. The molecule has 0 saturated carbocycles. The second-order valence-electron chi connectivity index (χ2n) is 6.85. The maximum Gasteiger partial charge on any atom is 0.243 e. The van der Waals surface area contributed by atoms with Gasteiger partial charge in [-0.15, -0.1) is 0 Å². The molecule has 1 atom stereocenters. The third-order valence-electron chi connectivity index (χ3n) is 4.89. The first-order valence-electron chi connectivity index (χ1n) is 9.07. The lowest BCUT2D eigenvalue weighted by Gasteiger charge is -2.32. The van der Waals surface area contributed by atoms with Crippen molar-refractivity contribution in [3.05, 3.63) is 59.1 Å². The number of halogens is 1. The van der Waals surface area contributed by atoms with Crippen molar-refractivity contribution in [1.82, 2.24) is 9.03 Å². The molecular formula is C19H23ClN2O4S2. The summed E-state index contributed by atoms with van der Waals surface area (Å²) in [5.74, 6) is 0. The Hall–Kier alpha value is -1.45. The van der Waals surface area contributed by atoms with E-state index >= 15 is 0 Å². The highest BCUT2D eigenvalue weighted by Crippen LogP contribution is 2.26. The zero-order valence-electron chi connectivity index (χ0n) is 15.5. The number of hydrogen-bond acceptors (Lipinski definition) is 4. The summed E-state index contributed by atoms with van der Waals surface area (Å²) in [6.45, 7) is 2.43. The lowest BCUT2D eigenvalue weighted by molar-refractivity contribution is 0.268. The molecule has 0 amide bonds. The van der Waals surface area contributed by atoms with E-state index in [4.69, 9.17) is 11.6 Å². The second kappa shape index (κ2) is 8.51. The molecule has 0 radical (unpaired) electrons. The zero-order chi connectivity index (χ0) is 20.4. The van der Waals surface area contributed by atoms with Crippen LogP contribution in [0.25, 0.3) is 0 Å². The van der Waals surface area contributed by atoms with Crippen molar-refractivity contribution in [2.45, 2.75) is 48.6 Å². The number of nitrogens with zero attached hydrogens (tertiary/aromatic N) is 1. The fraction of sp³-hybridized carbons (Fsp3) is 0.368. The molecule has 0 aromatic heterocycles. The molecule has 1 aliphatic rings. The van der Waals surface area contributed by atoms with Crippen molar-refractivity contribution >= 4 is 31.6 Å². The van der Waals surface area contributed by atoms with Gasteiger partial charge in [0.1, 0.15) is 0 Å². The predicted molar refractivity (Wildman–Crippen MR) is 109 cm³/mol. The van der Waals surface area contributed by atoms with Gasteiger partial charge in [0, 0.05) is 24.2 Å². The van der Waals surface area contributed by atoms with Crippen LogP contribution in [0.2, 0.25) is 5.02 Å². The molecule has 6 nitrogen and oxygen atoms in total. The average Bonchev–Trinajstić information content (AvgIpc) is 2.68. The van der Waals surface area contributed by atoms with Gasteiger partial charge in [0.15, 0.2) is 0 Å². The summed E-state index contributed by atoms with van der Waals surface area (Å²) in [5, 5.41) is 0.474. The van der Waals surface area contributed by atoms with Crippen LogP contribution in [0.3, 0.4) is 0 Å². The minimum Gasteiger partial charge on any atom is -0.207 e. The van der Waals surface area contributed by atoms with Crippen molar-refractivity contribution in [3.8, 4) is 0 Å². The lowest BCUT2D eigenvalue weighted by Crippen LogP contribution is -2.41. The molecule has 1 N–H and O–H groups in total. The van der Waals surface area contributed by atoms with Gasteiger partial charge >= 0.3 is 0 Å². The van der Waals surface area contributed by atoms with E-state index < -0.39 is 20.0 Å². The number of benzene rings is 2. The van der Waals surface area contributed by atoms with E-state index in [2.05, 4.69) is 4.72 Å². The van der Waals surface area contributed by atoms with Gasteiger partial charge in [-0.25, -0.2) is 21.6 Å². The van der Waals surface area contributed by atoms with Crippen LogP contribution in [0.4, 0.5) is 0 Å². The quantitative estimate of drug-likeness (QED) is 0.743. The van der Waals surface area contributed by atoms with E-state index in [9.17, 15) is 16.8 Å². The Kier molecular flexibility index (Phi) is 6.46.